The van der Waals surface area contributed by atoms with E-state index in [2.05, 4.69) is 22.5 Å². The van der Waals surface area contributed by atoms with Crippen LogP contribution in [0.5, 0.6) is 0 Å². The van der Waals surface area contributed by atoms with Crippen molar-refractivity contribution in [1.29, 1.82) is 0 Å². The lowest BCUT2D eigenvalue weighted by Crippen LogP contribution is -2.57. The zero-order chi connectivity index (χ0) is 23.1. The molecule has 0 radical (unpaired) electrons. The van der Waals surface area contributed by atoms with Crippen molar-refractivity contribution >= 4 is 23.3 Å². The Hall–Kier alpha value is -2.41. The minimum Gasteiger partial charge on any atom is -0.373 e. The highest BCUT2D eigenvalue weighted by Crippen LogP contribution is 2.22. The first-order valence-corrected chi connectivity index (χ1v) is 12.0. The van der Waals surface area contributed by atoms with Crippen LogP contribution in [0.4, 0.5) is 5.69 Å². The van der Waals surface area contributed by atoms with Crippen molar-refractivity contribution in [3.05, 3.63) is 29.8 Å². The Balaban J connectivity index is 1.70. The molecule has 0 bridgehead atoms. The molecule has 2 N–H and O–H groups in total. The van der Waals surface area contributed by atoms with Crippen LogP contribution < -0.4 is 15.5 Å². The summed E-state index contributed by atoms with van der Waals surface area (Å²) in [6.07, 6.45) is 4.54. The maximum Gasteiger partial charge on any atom is 0.252 e. The molecule has 7 heteroatoms. The molecule has 0 spiro atoms. The zero-order valence-corrected chi connectivity index (χ0v) is 19.6. The summed E-state index contributed by atoms with van der Waals surface area (Å²) in [4.78, 5) is 40.9. The highest BCUT2D eigenvalue weighted by atomic mass is 16.5. The fourth-order valence-electron chi connectivity index (χ4n) is 4.60. The number of benzene rings is 1. The number of carbonyl (C=O) groups is 3. The number of ether oxygens (including phenoxy) is 1. The van der Waals surface area contributed by atoms with E-state index in [1.807, 2.05) is 32.0 Å². The predicted molar refractivity (Wildman–Crippen MR) is 125 cm³/mol. The van der Waals surface area contributed by atoms with Crippen LogP contribution >= 0.6 is 0 Å². The molecule has 0 aromatic heterocycles. The van der Waals surface area contributed by atoms with Gasteiger partial charge in [0, 0.05) is 30.3 Å². The largest absolute Gasteiger partial charge is 0.373 e. The second-order valence-corrected chi connectivity index (χ2v) is 9.42. The van der Waals surface area contributed by atoms with Gasteiger partial charge < -0.3 is 20.3 Å². The van der Waals surface area contributed by atoms with Crippen molar-refractivity contribution in [2.24, 2.45) is 11.8 Å². The second kappa shape index (κ2) is 11.5. The van der Waals surface area contributed by atoms with E-state index in [1.165, 1.54) is 0 Å². The summed E-state index contributed by atoms with van der Waals surface area (Å²) in [5.74, 6) is -0.494. The molecule has 2 saturated heterocycles. The van der Waals surface area contributed by atoms with Gasteiger partial charge in [0.05, 0.1) is 12.6 Å². The average molecular weight is 444 g/mol. The van der Waals surface area contributed by atoms with Crippen molar-refractivity contribution in [2.75, 3.05) is 31.2 Å². The van der Waals surface area contributed by atoms with Gasteiger partial charge in [-0.1, -0.05) is 33.3 Å². The summed E-state index contributed by atoms with van der Waals surface area (Å²) >= 11 is 0. The van der Waals surface area contributed by atoms with Crippen LogP contribution in [0.3, 0.4) is 0 Å². The maximum absolute atomic E-state index is 13.2. The fourth-order valence-corrected chi connectivity index (χ4v) is 4.60. The number of nitrogens with zero attached hydrogens (tertiary/aromatic N) is 1. The van der Waals surface area contributed by atoms with Crippen LogP contribution in [-0.2, 0) is 14.3 Å². The Kier molecular flexibility index (Phi) is 8.67. The lowest BCUT2D eigenvalue weighted by molar-refractivity contribution is -0.138. The van der Waals surface area contributed by atoms with Gasteiger partial charge in [-0.25, -0.2) is 0 Å². The third kappa shape index (κ3) is 6.31. The number of nitrogens with one attached hydrogen (secondary N) is 2. The van der Waals surface area contributed by atoms with Crippen molar-refractivity contribution in [2.45, 2.75) is 65.0 Å². The van der Waals surface area contributed by atoms with Crippen LogP contribution in [0, 0.1) is 11.8 Å². The molecule has 3 atom stereocenters. The van der Waals surface area contributed by atoms with Gasteiger partial charge in [0.15, 0.2) is 5.78 Å². The number of Topliss-reactive ketones (excluding diaryl/α,β-unsaturated/α-hetero) is 1. The number of hydrogen-bond acceptors (Lipinski definition) is 5. The third-order valence-electron chi connectivity index (χ3n) is 6.26. The predicted octanol–water partition coefficient (Wildman–Crippen LogP) is 2.93. The molecule has 2 fully saturated rings. The first-order chi connectivity index (χ1) is 15.4. The molecule has 2 heterocycles. The van der Waals surface area contributed by atoms with Gasteiger partial charge >= 0.3 is 0 Å². The van der Waals surface area contributed by atoms with Gasteiger partial charge in [-0.05, 0) is 49.8 Å². The highest BCUT2D eigenvalue weighted by Gasteiger charge is 2.35. The van der Waals surface area contributed by atoms with Crippen molar-refractivity contribution in [1.82, 2.24) is 10.6 Å². The Morgan fingerprint density at radius 2 is 1.97 bits per heavy atom. The second-order valence-electron chi connectivity index (χ2n) is 9.42. The molecule has 2 amide bonds. The number of rotatable bonds is 9. The molecule has 3 rings (SSSR count). The van der Waals surface area contributed by atoms with Gasteiger partial charge in [-0.15, -0.1) is 0 Å². The van der Waals surface area contributed by atoms with Crippen LogP contribution in [0.25, 0.3) is 0 Å². The summed E-state index contributed by atoms with van der Waals surface area (Å²) in [6, 6.07) is 6.32. The minimum atomic E-state index is -0.698. The molecule has 2 aliphatic rings. The standard InChI is InChI=1S/C25H37N3O4/c1-4-8-19-15-32-16-22(29)23(19)27-25(31)21(13-17(2)3)26-24(30)18-9-7-10-20(14-18)28-11-5-6-12-28/h7,9-10,14,17,19,21,23H,4-6,8,11-13,15-16H2,1-3H3,(H,26,30)(H,27,31)/t19?,21?,23-/m0/s1. The van der Waals surface area contributed by atoms with Crippen LogP contribution in [-0.4, -0.2) is 56.0 Å². The van der Waals surface area contributed by atoms with Crippen LogP contribution in [0.1, 0.15) is 63.2 Å². The van der Waals surface area contributed by atoms with Gasteiger partial charge in [0.2, 0.25) is 5.91 Å². The van der Waals surface area contributed by atoms with E-state index >= 15 is 0 Å². The maximum atomic E-state index is 13.2. The SMILES string of the molecule is CCCC1COCC(=O)[C@H]1NC(=O)C(CC(C)C)NC(=O)c1cccc(N2CCCC2)c1. The summed E-state index contributed by atoms with van der Waals surface area (Å²) in [5, 5.41) is 5.85. The van der Waals surface area contributed by atoms with E-state index < -0.39 is 12.1 Å². The number of ketones is 1. The molecular formula is C25H37N3O4. The van der Waals surface area contributed by atoms with E-state index in [9.17, 15) is 14.4 Å². The number of amides is 2. The minimum absolute atomic E-state index is 0.0235. The molecule has 0 aliphatic carbocycles. The number of carbonyl (C=O) groups excluding carboxylic acids is 3. The summed E-state index contributed by atoms with van der Waals surface area (Å²) in [7, 11) is 0. The molecule has 0 saturated carbocycles. The average Bonchev–Trinajstić information content (AvgIpc) is 3.30. The Bertz CT molecular complexity index is 802. The van der Waals surface area contributed by atoms with Crippen molar-refractivity contribution in [3.63, 3.8) is 0 Å². The monoisotopic (exact) mass is 443 g/mol. The topological polar surface area (TPSA) is 87.7 Å². The third-order valence-corrected chi connectivity index (χ3v) is 6.26. The summed E-state index contributed by atoms with van der Waals surface area (Å²) in [6.45, 7) is 8.57. The number of anilines is 1. The van der Waals surface area contributed by atoms with Gasteiger partial charge in [0.25, 0.3) is 5.91 Å². The van der Waals surface area contributed by atoms with Crippen LogP contribution in [0.2, 0.25) is 0 Å². The van der Waals surface area contributed by atoms with Crippen LogP contribution in [0.15, 0.2) is 24.3 Å². The molecule has 1 aromatic carbocycles. The quantitative estimate of drug-likeness (QED) is 0.613. The fraction of sp³-hybridized carbons (Fsp3) is 0.640. The van der Waals surface area contributed by atoms with Gasteiger partial charge in [-0.3, -0.25) is 14.4 Å². The van der Waals surface area contributed by atoms with E-state index in [0.717, 1.165) is 44.5 Å². The molecular weight excluding hydrogens is 406 g/mol. The van der Waals surface area contributed by atoms with Gasteiger partial charge in [-0.2, -0.15) is 0 Å². The lowest BCUT2D eigenvalue weighted by atomic mass is 9.90. The van der Waals surface area contributed by atoms with Crippen molar-refractivity contribution in [3.8, 4) is 0 Å². The zero-order valence-electron chi connectivity index (χ0n) is 19.6. The lowest BCUT2D eigenvalue weighted by Gasteiger charge is -2.32. The normalized spacial score (nSPS) is 22.1. The highest BCUT2D eigenvalue weighted by molar-refractivity contribution is 5.99. The smallest absolute Gasteiger partial charge is 0.252 e. The molecule has 32 heavy (non-hydrogen) atoms. The van der Waals surface area contributed by atoms with E-state index in [1.54, 1.807) is 6.07 Å². The molecule has 7 nitrogen and oxygen atoms in total. The molecule has 176 valence electrons. The molecule has 1 aromatic rings. The van der Waals surface area contributed by atoms with E-state index in [-0.39, 0.29) is 36.0 Å². The first-order valence-electron chi connectivity index (χ1n) is 12.0. The Morgan fingerprint density at radius 1 is 1.22 bits per heavy atom. The molecule has 2 unspecified atom stereocenters. The number of hydrogen-bond donors (Lipinski definition) is 2. The van der Waals surface area contributed by atoms with E-state index in [0.29, 0.717) is 18.6 Å². The molecule has 2 aliphatic heterocycles. The van der Waals surface area contributed by atoms with Crippen molar-refractivity contribution < 1.29 is 19.1 Å². The Morgan fingerprint density at radius 3 is 2.66 bits per heavy atom. The summed E-state index contributed by atoms with van der Waals surface area (Å²) in [5.41, 5.74) is 1.58. The van der Waals surface area contributed by atoms with Gasteiger partial charge in [0.1, 0.15) is 12.6 Å². The first kappa shape index (κ1) is 24.2. The Labute approximate surface area is 191 Å². The van der Waals surface area contributed by atoms with E-state index in [4.69, 9.17) is 4.74 Å². The summed E-state index contributed by atoms with van der Waals surface area (Å²) < 4.78 is 5.38.